The normalized spacial score (nSPS) is 13.9. The zero-order valence-corrected chi connectivity index (χ0v) is 13.0. The van der Waals surface area contributed by atoms with Crippen LogP contribution in [-0.2, 0) is 4.79 Å². The molecule has 0 saturated carbocycles. The Morgan fingerprint density at radius 3 is 2.26 bits per heavy atom. The van der Waals surface area contributed by atoms with Gasteiger partial charge in [0.15, 0.2) is 0 Å². The molecular weight excluding hydrogens is 290 g/mol. The monoisotopic (exact) mass is 307 g/mol. The summed E-state index contributed by atoms with van der Waals surface area (Å²) in [5, 5.41) is 8.41. The molecule has 0 bridgehead atoms. The molecule has 2 aromatic rings. The minimum atomic E-state index is -0.187. The Balaban J connectivity index is 1.73. The number of nitrogens with one attached hydrogen (secondary N) is 1. The van der Waals surface area contributed by atoms with Crippen molar-refractivity contribution in [3.63, 3.8) is 0 Å². The standard InChI is InChI=1S/C18H17N3O2/c1-12-3-7-15(8-4-12)19-18(23)14-5-9-16(10-6-14)21-17(22)11-13(2)20-21/h3-10H,11H2,1-2H3,(H,19,23). The van der Waals surface area contributed by atoms with Crippen molar-refractivity contribution in [2.45, 2.75) is 20.3 Å². The maximum atomic E-state index is 12.2. The molecule has 0 unspecified atom stereocenters. The topological polar surface area (TPSA) is 61.8 Å². The number of hydrogen-bond acceptors (Lipinski definition) is 3. The van der Waals surface area contributed by atoms with E-state index in [1.807, 2.05) is 38.1 Å². The first kappa shape index (κ1) is 15.0. The van der Waals surface area contributed by atoms with Crippen molar-refractivity contribution in [3.05, 3.63) is 59.7 Å². The molecule has 0 saturated heterocycles. The molecule has 1 aliphatic rings. The molecule has 0 spiro atoms. The first-order valence-electron chi connectivity index (χ1n) is 7.38. The zero-order chi connectivity index (χ0) is 16.4. The SMILES string of the molecule is CC1=NN(c2ccc(C(=O)Nc3ccc(C)cc3)cc2)C(=O)C1. The van der Waals surface area contributed by atoms with E-state index in [2.05, 4.69) is 10.4 Å². The molecule has 23 heavy (non-hydrogen) atoms. The lowest BCUT2D eigenvalue weighted by Gasteiger charge is -2.12. The highest BCUT2D eigenvalue weighted by Crippen LogP contribution is 2.21. The average molecular weight is 307 g/mol. The van der Waals surface area contributed by atoms with Crippen LogP contribution in [0, 0.1) is 6.92 Å². The third-order valence-electron chi connectivity index (χ3n) is 3.60. The van der Waals surface area contributed by atoms with Gasteiger partial charge in [0.25, 0.3) is 11.8 Å². The number of hydrazone groups is 1. The molecule has 0 fully saturated rings. The van der Waals surface area contributed by atoms with Crippen LogP contribution in [0.15, 0.2) is 53.6 Å². The first-order chi connectivity index (χ1) is 11.0. The first-order valence-corrected chi connectivity index (χ1v) is 7.38. The Morgan fingerprint density at radius 2 is 1.70 bits per heavy atom. The largest absolute Gasteiger partial charge is 0.322 e. The second-order valence-corrected chi connectivity index (χ2v) is 5.58. The molecule has 5 nitrogen and oxygen atoms in total. The number of hydrogen-bond donors (Lipinski definition) is 1. The zero-order valence-electron chi connectivity index (χ0n) is 13.0. The fourth-order valence-corrected chi connectivity index (χ4v) is 2.35. The molecule has 0 radical (unpaired) electrons. The molecule has 0 atom stereocenters. The van der Waals surface area contributed by atoms with Gasteiger partial charge in [-0.15, -0.1) is 0 Å². The summed E-state index contributed by atoms with van der Waals surface area (Å²) in [5.41, 5.74) is 3.87. The van der Waals surface area contributed by atoms with E-state index in [4.69, 9.17) is 0 Å². The van der Waals surface area contributed by atoms with Crippen LogP contribution in [0.2, 0.25) is 0 Å². The lowest BCUT2D eigenvalue weighted by Crippen LogP contribution is -2.19. The van der Waals surface area contributed by atoms with Gasteiger partial charge in [-0.1, -0.05) is 17.7 Å². The van der Waals surface area contributed by atoms with Crippen LogP contribution in [0.25, 0.3) is 0 Å². The smallest absolute Gasteiger partial charge is 0.255 e. The molecule has 5 heteroatoms. The van der Waals surface area contributed by atoms with Crippen molar-refractivity contribution in [1.29, 1.82) is 0 Å². The van der Waals surface area contributed by atoms with Crippen LogP contribution < -0.4 is 10.3 Å². The minimum absolute atomic E-state index is 0.0562. The lowest BCUT2D eigenvalue weighted by atomic mass is 10.1. The predicted molar refractivity (Wildman–Crippen MR) is 90.8 cm³/mol. The summed E-state index contributed by atoms with van der Waals surface area (Å²) in [7, 11) is 0. The number of aryl methyl sites for hydroxylation is 1. The Morgan fingerprint density at radius 1 is 1.04 bits per heavy atom. The molecule has 1 aliphatic heterocycles. The molecule has 0 aliphatic carbocycles. The number of nitrogens with zero attached hydrogens (tertiary/aromatic N) is 2. The number of benzene rings is 2. The van der Waals surface area contributed by atoms with Gasteiger partial charge in [-0.2, -0.15) is 5.10 Å². The van der Waals surface area contributed by atoms with E-state index in [9.17, 15) is 9.59 Å². The van der Waals surface area contributed by atoms with Crippen LogP contribution in [-0.4, -0.2) is 17.5 Å². The summed E-state index contributed by atoms with van der Waals surface area (Å²) in [6.07, 6.45) is 0.343. The molecule has 1 heterocycles. The Bertz CT molecular complexity index is 777. The number of rotatable bonds is 3. The van der Waals surface area contributed by atoms with Gasteiger partial charge in [-0.3, -0.25) is 9.59 Å². The fourth-order valence-electron chi connectivity index (χ4n) is 2.35. The summed E-state index contributed by atoms with van der Waals surface area (Å²) >= 11 is 0. The van der Waals surface area contributed by atoms with Crippen molar-refractivity contribution >= 4 is 28.9 Å². The lowest BCUT2D eigenvalue weighted by molar-refractivity contribution is -0.116. The Labute approximate surface area is 134 Å². The molecule has 3 rings (SSSR count). The summed E-state index contributed by atoms with van der Waals surface area (Å²) in [6.45, 7) is 3.81. The summed E-state index contributed by atoms with van der Waals surface area (Å²) in [5.74, 6) is -0.243. The molecule has 2 amide bonds. The quantitative estimate of drug-likeness (QED) is 0.945. The number of anilines is 2. The third-order valence-corrected chi connectivity index (χ3v) is 3.60. The predicted octanol–water partition coefficient (Wildman–Crippen LogP) is 3.36. The van der Waals surface area contributed by atoms with E-state index in [-0.39, 0.29) is 11.8 Å². The number of amides is 2. The van der Waals surface area contributed by atoms with Crippen LogP contribution in [0.4, 0.5) is 11.4 Å². The highest BCUT2D eigenvalue weighted by atomic mass is 16.2. The van der Waals surface area contributed by atoms with Crippen LogP contribution in [0.1, 0.15) is 29.3 Å². The van der Waals surface area contributed by atoms with Crippen LogP contribution in [0.5, 0.6) is 0 Å². The fraction of sp³-hybridized carbons (Fsp3) is 0.167. The van der Waals surface area contributed by atoms with E-state index in [1.165, 1.54) is 5.01 Å². The van der Waals surface area contributed by atoms with Gasteiger partial charge in [0.05, 0.1) is 12.1 Å². The Kier molecular flexibility index (Phi) is 3.93. The van der Waals surface area contributed by atoms with Gasteiger partial charge in [0.2, 0.25) is 0 Å². The van der Waals surface area contributed by atoms with Crippen molar-refractivity contribution in [2.24, 2.45) is 5.10 Å². The summed E-state index contributed by atoms with van der Waals surface area (Å²) in [6, 6.07) is 14.4. The highest BCUT2D eigenvalue weighted by molar-refractivity contribution is 6.12. The average Bonchev–Trinajstić information content (AvgIpc) is 2.88. The van der Waals surface area contributed by atoms with Gasteiger partial charge in [-0.25, -0.2) is 5.01 Å². The second-order valence-electron chi connectivity index (χ2n) is 5.58. The van der Waals surface area contributed by atoms with Gasteiger partial charge >= 0.3 is 0 Å². The van der Waals surface area contributed by atoms with E-state index in [0.717, 1.165) is 17.0 Å². The van der Waals surface area contributed by atoms with Crippen molar-refractivity contribution in [1.82, 2.24) is 0 Å². The van der Waals surface area contributed by atoms with Crippen molar-refractivity contribution < 1.29 is 9.59 Å². The molecule has 116 valence electrons. The molecular formula is C18H17N3O2. The highest BCUT2D eigenvalue weighted by Gasteiger charge is 2.22. The van der Waals surface area contributed by atoms with E-state index < -0.39 is 0 Å². The van der Waals surface area contributed by atoms with Gasteiger partial charge < -0.3 is 5.32 Å². The minimum Gasteiger partial charge on any atom is -0.322 e. The van der Waals surface area contributed by atoms with E-state index in [0.29, 0.717) is 17.7 Å². The van der Waals surface area contributed by atoms with Gasteiger partial charge in [0.1, 0.15) is 0 Å². The number of carbonyl (C=O) groups excluding carboxylic acids is 2. The summed E-state index contributed by atoms with van der Waals surface area (Å²) < 4.78 is 0. The molecule has 0 aromatic heterocycles. The van der Waals surface area contributed by atoms with Gasteiger partial charge in [0, 0.05) is 17.0 Å². The summed E-state index contributed by atoms with van der Waals surface area (Å²) in [4.78, 5) is 24.0. The van der Waals surface area contributed by atoms with Crippen molar-refractivity contribution in [2.75, 3.05) is 10.3 Å². The van der Waals surface area contributed by atoms with Crippen LogP contribution >= 0.6 is 0 Å². The second kappa shape index (κ2) is 6.04. The van der Waals surface area contributed by atoms with E-state index >= 15 is 0 Å². The molecule has 1 N–H and O–H groups in total. The maximum absolute atomic E-state index is 12.2. The molecule has 2 aromatic carbocycles. The third kappa shape index (κ3) is 3.29. The van der Waals surface area contributed by atoms with Gasteiger partial charge in [-0.05, 0) is 50.2 Å². The van der Waals surface area contributed by atoms with Crippen LogP contribution in [0.3, 0.4) is 0 Å². The van der Waals surface area contributed by atoms with E-state index in [1.54, 1.807) is 24.3 Å². The Hall–Kier alpha value is -2.95. The van der Waals surface area contributed by atoms with Crippen molar-refractivity contribution in [3.8, 4) is 0 Å². The maximum Gasteiger partial charge on any atom is 0.255 e. The number of carbonyl (C=O) groups is 2.